The number of nitrogens with two attached hydrogens (primary N) is 1. The van der Waals surface area contributed by atoms with E-state index in [-0.39, 0.29) is 29.8 Å². The lowest BCUT2D eigenvalue weighted by Gasteiger charge is -2.31. The first kappa shape index (κ1) is 15.2. The van der Waals surface area contributed by atoms with E-state index in [0.717, 1.165) is 6.42 Å². The van der Waals surface area contributed by atoms with Crippen LogP contribution in [0.2, 0.25) is 0 Å². The molecule has 2 aromatic rings. The molecule has 1 aromatic carbocycles. The Morgan fingerprint density at radius 3 is 2.87 bits per heavy atom. The van der Waals surface area contributed by atoms with Crippen LogP contribution in [0.3, 0.4) is 0 Å². The van der Waals surface area contributed by atoms with E-state index in [4.69, 9.17) is 5.73 Å². The van der Waals surface area contributed by atoms with Crippen molar-refractivity contribution in [2.24, 2.45) is 11.7 Å². The number of carbonyl (C=O) groups excluding carboxylic acids is 2. The molecule has 0 spiro atoms. The zero-order valence-electron chi connectivity index (χ0n) is 12.6. The molecule has 1 aliphatic rings. The number of amides is 2. The highest BCUT2D eigenvalue weighted by Crippen LogP contribution is 2.16. The summed E-state index contributed by atoms with van der Waals surface area (Å²) in [6.07, 6.45) is 2.83. The first-order valence-electron chi connectivity index (χ1n) is 7.57. The Morgan fingerprint density at radius 1 is 1.30 bits per heavy atom. The summed E-state index contributed by atoms with van der Waals surface area (Å²) in [5, 5.41) is 0.483. The number of carbonyl (C=O) groups is 2. The minimum atomic E-state index is -0.382. The molecule has 7 nitrogen and oxygen atoms in total. The monoisotopic (exact) mass is 314 g/mol. The molecule has 2 amide bonds. The van der Waals surface area contributed by atoms with Crippen LogP contribution in [0.25, 0.3) is 10.9 Å². The highest BCUT2D eigenvalue weighted by atomic mass is 16.2. The normalized spacial score (nSPS) is 18.1. The van der Waals surface area contributed by atoms with Crippen molar-refractivity contribution < 1.29 is 9.59 Å². The molecular weight excluding hydrogens is 296 g/mol. The summed E-state index contributed by atoms with van der Waals surface area (Å²) < 4.78 is 1.30. The van der Waals surface area contributed by atoms with Crippen LogP contribution in [0.1, 0.15) is 12.8 Å². The quantitative estimate of drug-likeness (QED) is 0.870. The van der Waals surface area contributed by atoms with E-state index in [1.807, 2.05) is 6.07 Å². The second kappa shape index (κ2) is 6.20. The molecule has 1 aliphatic heterocycles. The van der Waals surface area contributed by atoms with E-state index in [2.05, 4.69) is 4.98 Å². The Balaban J connectivity index is 1.79. The van der Waals surface area contributed by atoms with Crippen LogP contribution in [-0.4, -0.2) is 39.4 Å². The van der Waals surface area contributed by atoms with E-state index in [9.17, 15) is 14.4 Å². The third kappa shape index (κ3) is 3.08. The molecule has 1 unspecified atom stereocenters. The lowest BCUT2D eigenvalue weighted by molar-refractivity contribution is -0.135. The second-order valence-electron chi connectivity index (χ2n) is 5.78. The van der Waals surface area contributed by atoms with Crippen molar-refractivity contribution in [2.75, 3.05) is 13.1 Å². The minimum Gasteiger partial charge on any atom is -0.369 e. The van der Waals surface area contributed by atoms with Gasteiger partial charge in [0.1, 0.15) is 6.54 Å². The molecule has 0 radical (unpaired) electrons. The number of hydrogen-bond donors (Lipinski definition) is 1. The summed E-state index contributed by atoms with van der Waals surface area (Å²) in [7, 11) is 0. The van der Waals surface area contributed by atoms with Crippen LogP contribution in [0.4, 0.5) is 0 Å². The van der Waals surface area contributed by atoms with Gasteiger partial charge in [0.2, 0.25) is 11.8 Å². The van der Waals surface area contributed by atoms with E-state index in [0.29, 0.717) is 30.4 Å². The Morgan fingerprint density at radius 2 is 2.09 bits per heavy atom. The smallest absolute Gasteiger partial charge is 0.261 e. The lowest BCUT2D eigenvalue weighted by Crippen LogP contribution is -2.45. The molecule has 23 heavy (non-hydrogen) atoms. The summed E-state index contributed by atoms with van der Waals surface area (Å²) in [4.78, 5) is 41.9. The number of likely N-dealkylation sites (tertiary alicyclic amines) is 1. The molecule has 1 saturated heterocycles. The van der Waals surface area contributed by atoms with Gasteiger partial charge in [0.25, 0.3) is 5.56 Å². The highest BCUT2D eigenvalue weighted by Gasteiger charge is 2.27. The average Bonchev–Trinajstić information content (AvgIpc) is 2.57. The maximum Gasteiger partial charge on any atom is 0.261 e. The Labute approximate surface area is 132 Å². The van der Waals surface area contributed by atoms with Gasteiger partial charge in [-0.25, -0.2) is 4.98 Å². The van der Waals surface area contributed by atoms with Gasteiger partial charge in [0, 0.05) is 13.1 Å². The van der Waals surface area contributed by atoms with Crippen LogP contribution < -0.4 is 11.3 Å². The minimum absolute atomic E-state index is 0.0812. The summed E-state index contributed by atoms with van der Waals surface area (Å²) in [5.41, 5.74) is 5.69. The zero-order valence-corrected chi connectivity index (χ0v) is 12.6. The first-order valence-corrected chi connectivity index (χ1v) is 7.57. The van der Waals surface area contributed by atoms with Crippen molar-refractivity contribution in [2.45, 2.75) is 19.4 Å². The number of primary amides is 1. The number of hydrogen-bond acceptors (Lipinski definition) is 4. The van der Waals surface area contributed by atoms with Crippen molar-refractivity contribution in [1.29, 1.82) is 0 Å². The summed E-state index contributed by atoms with van der Waals surface area (Å²) in [5.74, 6) is -0.888. The topological polar surface area (TPSA) is 98.3 Å². The maximum atomic E-state index is 12.4. The van der Waals surface area contributed by atoms with Gasteiger partial charge in [-0.05, 0) is 25.0 Å². The van der Waals surface area contributed by atoms with Gasteiger partial charge in [-0.15, -0.1) is 0 Å². The van der Waals surface area contributed by atoms with Crippen molar-refractivity contribution in [3.8, 4) is 0 Å². The maximum absolute atomic E-state index is 12.4. The third-order valence-electron chi connectivity index (χ3n) is 4.21. The largest absolute Gasteiger partial charge is 0.369 e. The molecule has 3 rings (SSSR count). The Hall–Kier alpha value is -2.70. The van der Waals surface area contributed by atoms with E-state index >= 15 is 0 Å². The van der Waals surface area contributed by atoms with Gasteiger partial charge in [-0.2, -0.15) is 0 Å². The summed E-state index contributed by atoms with van der Waals surface area (Å²) in [6.45, 7) is 0.824. The number of rotatable bonds is 3. The molecule has 7 heteroatoms. The molecule has 0 saturated carbocycles. The molecule has 1 atom stereocenters. The predicted octanol–water partition coefficient (Wildman–Crippen LogP) is 0.120. The number of piperidine rings is 1. The molecule has 1 aromatic heterocycles. The Kier molecular flexibility index (Phi) is 4.10. The van der Waals surface area contributed by atoms with Gasteiger partial charge >= 0.3 is 0 Å². The van der Waals surface area contributed by atoms with Gasteiger partial charge in [-0.1, -0.05) is 12.1 Å². The fourth-order valence-corrected chi connectivity index (χ4v) is 2.90. The van der Waals surface area contributed by atoms with E-state index < -0.39 is 0 Å². The fraction of sp³-hybridized carbons (Fsp3) is 0.375. The van der Waals surface area contributed by atoms with E-state index in [1.54, 1.807) is 23.1 Å². The van der Waals surface area contributed by atoms with Gasteiger partial charge < -0.3 is 10.6 Å². The molecule has 120 valence electrons. The molecule has 0 aliphatic carbocycles. The zero-order chi connectivity index (χ0) is 16.4. The standard InChI is InChI=1S/C16H18N4O3/c17-15(22)11-4-3-7-19(8-11)14(21)9-20-10-18-13-6-2-1-5-12(13)16(20)23/h1-2,5-6,10-11H,3-4,7-9H2,(H2,17,22). The molecule has 2 heterocycles. The molecule has 2 N–H and O–H groups in total. The van der Waals surface area contributed by atoms with Crippen molar-refractivity contribution in [3.63, 3.8) is 0 Å². The Bertz CT molecular complexity index is 814. The van der Waals surface area contributed by atoms with Crippen molar-refractivity contribution in [1.82, 2.24) is 14.5 Å². The fourth-order valence-electron chi connectivity index (χ4n) is 2.90. The van der Waals surface area contributed by atoms with Crippen molar-refractivity contribution >= 4 is 22.7 Å². The summed E-state index contributed by atoms with van der Waals surface area (Å²) in [6, 6.07) is 7.02. The molecule has 0 bridgehead atoms. The van der Waals surface area contributed by atoms with Gasteiger partial charge in [-0.3, -0.25) is 19.0 Å². The number of fused-ring (bicyclic) bond motifs is 1. The van der Waals surface area contributed by atoms with Crippen LogP contribution in [0.5, 0.6) is 0 Å². The number of benzene rings is 1. The lowest BCUT2D eigenvalue weighted by atomic mass is 9.97. The van der Waals surface area contributed by atoms with Crippen LogP contribution in [0.15, 0.2) is 35.4 Å². The number of para-hydroxylation sites is 1. The average molecular weight is 314 g/mol. The van der Waals surface area contributed by atoms with Crippen LogP contribution >= 0.6 is 0 Å². The third-order valence-corrected chi connectivity index (χ3v) is 4.21. The molecular formula is C16H18N4O3. The highest BCUT2D eigenvalue weighted by molar-refractivity contribution is 5.81. The van der Waals surface area contributed by atoms with Crippen LogP contribution in [-0.2, 0) is 16.1 Å². The SMILES string of the molecule is NC(=O)C1CCCN(C(=O)Cn2cnc3ccccc3c2=O)C1. The van der Waals surface area contributed by atoms with Crippen molar-refractivity contribution in [3.05, 3.63) is 40.9 Å². The molecule has 1 fully saturated rings. The number of nitrogens with zero attached hydrogens (tertiary/aromatic N) is 3. The first-order chi connectivity index (χ1) is 11.1. The predicted molar refractivity (Wildman–Crippen MR) is 84.5 cm³/mol. The summed E-state index contributed by atoms with van der Waals surface area (Å²) >= 11 is 0. The second-order valence-corrected chi connectivity index (χ2v) is 5.78. The van der Waals surface area contributed by atoms with E-state index in [1.165, 1.54) is 10.9 Å². The van der Waals surface area contributed by atoms with Gasteiger partial charge in [0.15, 0.2) is 0 Å². The van der Waals surface area contributed by atoms with Gasteiger partial charge in [0.05, 0.1) is 23.1 Å². The van der Waals surface area contributed by atoms with Crippen LogP contribution in [0, 0.1) is 5.92 Å². The number of aromatic nitrogens is 2.